The number of amides is 1. The number of methoxy groups -OCH3 is 2. The fourth-order valence-corrected chi connectivity index (χ4v) is 5.00. The van der Waals surface area contributed by atoms with Crippen molar-refractivity contribution >= 4 is 21.6 Å². The van der Waals surface area contributed by atoms with Gasteiger partial charge < -0.3 is 14.8 Å². The zero-order valence-electron chi connectivity index (χ0n) is 19.2. The molecule has 0 saturated carbocycles. The maximum atomic E-state index is 13.7. The van der Waals surface area contributed by atoms with Crippen molar-refractivity contribution in [3.8, 4) is 11.5 Å². The van der Waals surface area contributed by atoms with Gasteiger partial charge in [-0.25, -0.2) is 8.42 Å². The van der Waals surface area contributed by atoms with Crippen molar-refractivity contribution in [3.63, 3.8) is 0 Å². The molecule has 0 saturated heterocycles. The van der Waals surface area contributed by atoms with Gasteiger partial charge in [0.2, 0.25) is 15.9 Å². The molecule has 0 aromatic heterocycles. The topological polar surface area (TPSA) is 84.9 Å². The van der Waals surface area contributed by atoms with Gasteiger partial charge in [-0.2, -0.15) is 4.31 Å². The van der Waals surface area contributed by atoms with Crippen LogP contribution in [-0.2, 0) is 21.4 Å². The molecule has 8 heteroatoms. The summed E-state index contributed by atoms with van der Waals surface area (Å²) in [6.07, 6.45) is 0. The van der Waals surface area contributed by atoms with Crippen LogP contribution in [0.1, 0.15) is 16.7 Å². The molecule has 3 aromatic carbocycles. The number of nitrogens with one attached hydrogen (secondary N) is 1. The SMILES string of the molecule is COc1ccc(OC)c(S(=O)(=O)N(CC(=O)Nc2ccc(C)cc2C)Cc2ccccc2)c1. The number of sulfonamides is 1. The third kappa shape index (κ3) is 5.91. The second-order valence-electron chi connectivity index (χ2n) is 7.64. The van der Waals surface area contributed by atoms with Crippen LogP contribution in [0.5, 0.6) is 11.5 Å². The number of anilines is 1. The highest BCUT2D eigenvalue weighted by Crippen LogP contribution is 2.31. The third-order valence-electron chi connectivity index (χ3n) is 5.17. The van der Waals surface area contributed by atoms with E-state index in [1.54, 1.807) is 6.07 Å². The zero-order chi connectivity index (χ0) is 24.0. The summed E-state index contributed by atoms with van der Waals surface area (Å²) in [5.41, 5.74) is 3.36. The molecule has 0 aliphatic rings. The Morgan fingerprint density at radius 1 is 0.939 bits per heavy atom. The van der Waals surface area contributed by atoms with E-state index in [1.807, 2.05) is 62.4 Å². The van der Waals surface area contributed by atoms with E-state index in [0.717, 1.165) is 21.0 Å². The molecule has 0 radical (unpaired) electrons. The number of nitrogens with zero attached hydrogens (tertiary/aromatic N) is 1. The lowest BCUT2D eigenvalue weighted by Crippen LogP contribution is -2.37. The lowest BCUT2D eigenvalue weighted by molar-refractivity contribution is -0.116. The Morgan fingerprint density at radius 2 is 1.67 bits per heavy atom. The molecule has 1 amide bonds. The van der Waals surface area contributed by atoms with Gasteiger partial charge in [-0.1, -0.05) is 48.0 Å². The molecule has 3 rings (SSSR count). The van der Waals surface area contributed by atoms with Gasteiger partial charge in [0.1, 0.15) is 16.4 Å². The summed E-state index contributed by atoms with van der Waals surface area (Å²) in [7, 11) is -1.26. The summed E-state index contributed by atoms with van der Waals surface area (Å²) in [5.74, 6) is 0.0979. The number of carbonyl (C=O) groups is 1. The van der Waals surface area contributed by atoms with Gasteiger partial charge >= 0.3 is 0 Å². The minimum absolute atomic E-state index is 0.0177. The molecule has 3 aromatic rings. The van der Waals surface area contributed by atoms with E-state index < -0.39 is 15.9 Å². The first-order valence-corrected chi connectivity index (χ1v) is 11.8. The molecule has 0 aliphatic carbocycles. The van der Waals surface area contributed by atoms with Gasteiger partial charge in [-0.05, 0) is 43.2 Å². The van der Waals surface area contributed by atoms with Gasteiger partial charge in [-0.3, -0.25) is 4.79 Å². The predicted molar refractivity (Wildman–Crippen MR) is 128 cm³/mol. The lowest BCUT2D eigenvalue weighted by Gasteiger charge is -2.23. The molecule has 0 heterocycles. The van der Waals surface area contributed by atoms with Crippen LogP contribution in [-0.4, -0.2) is 39.4 Å². The Bertz CT molecular complexity index is 1230. The Kier molecular flexibility index (Phi) is 7.73. The van der Waals surface area contributed by atoms with Crippen LogP contribution >= 0.6 is 0 Å². The fourth-order valence-electron chi connectivity index (χ4n) is 3.44. The summed E-state index contributed by atoms with van der Waals surface area (Å²) in [5, 5.41) is 2.83. The Labute approximate surface area is 195 Å². The second kappa shape index (κ2) is 10.5. The average Bonchev–Trinajstić information content (AvgIpc) is 2.80. The summed E-state index contributed by atoms with van der Waals surface area (Å²) in [4.78, 5) is 12.9. The van der Waals surface area contributed by atoms with E-state index >= 15 is 0 Å². The smallest absolute Gasteiger partial charge is 0.247 e. The molecular formula is C25H28N2O5S. The van der Waals surface area contributed by atoms with Crippen molar-refractivity contribution < 1.29 is 22.7 Å². The van der Waals surface area contributed by atoms with Gasteiger partial charge in [0, 0.05) is 18.3 Å². The summed E-state index contributed by atoms with van der Waals surface area (Å²) < 4.78 is 39.0. The molecular weight excluding hydrogens is 440 g/mol. The number of carbonyl (C=O) groups excluding carboxylic acids is 1. The Morgan fingerprint density at radius 3 is 2.30 bits per heavy atom. The highest BCUT2D eigenvalue weighted by Gasteiger charge is 2.30. The molecule has 174 valence electrons. The van der Waals surface area contributed by atoms with Crippen LogP contribution in [0.25, 0.3) is 0 Å². The van der Waals surface area contributed by atoms with E-state index in [2.05, 4.69) is 5.32 Å². The average molecular weight is 469 g/mol. The first kappa shape index (κ1) is 24.3. The molecule has 1 N–H and O–H groups in total. The van der Waals surface area contributed by atoms with Crippen molar-refractivity contribution in [2.24, 2.45) is 0 Å². The van der Waals surface area contributed by atoms with Crippen LogP contribution in [0.15, 0.2) is 71.6 Å². The van der Waals surface area contributed by atoms with Crippen LogP contribution in [0.2, 0.25) is 0 Å². The first-order valence-electron chi connectivity index (χ1n) is 10.4. The van der Waals surface area contributed by atoms with Gasteiger partial charge in [-0.15, -0.1) is 0 Å². The van der Waals surface area contributed by atoms with E-state index in [-0.39, 0.29) is 23.7 Å². The summed E-state index contributed by atoms with van der Waals surface area (Å²) >= 11 is 0. The maximum Gasteiger partial charge on any atom is 0.247 e. The normalized spacial score (nSPS) is 11.3. The lowest BCUT2D eigenvalue weighted by atomic mass is 10.1. The number of ether oxygens (including phenoxy) is 2. The van der Waals surface area contributed by atoms with E-state index in [4.69, 9.17) is 9.47 Å². The van der Waals surface area contributed by atoms with E-state index in [1.165, 1.54) is 26.4 Å². The van der Waals surface area contributed by atoms with E-state index in [9.17, 15) is 13.2 Å². The highest BCUT2D eigenvalue weighted by molar-refractivity contribution is 7.89. The molecule has 0 fully saturated rings. The zero-order valence-corrected chi connectivity index (χ0v) is 20.0. The number of hydrogen-bond donors (Lipinski definition) is 1. The third-order valence-corrected chi connectivity index (χ3v) is 6.98. The van der Waals surface area contributed by atoms with Gasteiger partial charge in [0.05, 0.1) is 20.8 Å². The van der Waals surface area contributed by atoms with Gasteiger partial charge in [0.15, 0.2) is 0 Å². The van der Waals surface area contributed by atoms with Crippen LogP contribution in [0, 0.1) is 13.8 Å². The molecule has 0 spiro atoms. The second-order valence-corrected chi connectivity index (χ2v) is 9.55. The number of benzene rings is 3. The van der Waals surface area contributed by atoms with Crippen molar-refractivity contribution in [3.05, 3.63) is 83.4 Å². The van der Waals surface area contributed by atoms with Crippen molar-refractivity contribution in [2.45, 2.75) is 25.3 Å². The van der Waals surface area contributed by atoms with Crippen LogP contribution in [0.3, 0.4) is 0 Å². The van der Waals surface area contributed by atoms with Crippen LogP contribution in [0.4, 0.5) is 5.69 Å². The van der Waals surface area contributed by atoms with Crippen molar-refractivity contribution in [1.29, 1.82) is 0 Å². The molecule has 7 nitrogen and oxygen atoms in total. The first-order chi connectivity index (χ1) is 15.7. The van der Waals surface area contributed by atoms with Crippen LogP contribution < -0.4 is 14.8 Å². The number of rotatable bonds is 9. The Balaban J connectivity index is 1.96. The fraction of sp³-hybridized carbons (Fsp3) is 0.240. The van der Waals surface area contributed by atoms with Gasteiger partial charge in [0.25, 0.3) is 0 Å². The number of aryl methyl sites for hydroxylation is 2. The monoisotopic (exact) mass is 468 g/mol. The number of hydrogen-bond acceptors (Lipinski definition) is 5. The highest BCUT2D eigenvalue weighted by atomic mass is 32.2. The molecule has 0 atom stereocenters. The summed E-state index contributed by atoms with van der Waals surface area (Å²) in [6.45, 7) is 3.51. The largest absolute Gasteiger partial charge is 0.497 e. The van der Waals surface area contributed by atoms with Crippen molar-refractivity contribution in [2.75, 3.05) is 26.1 Å². The molecule has 0 bridgehead atoms. The molecule has 0 unspecified atom stereocenters. The minimum Gasteiger partial charge on any atom is -0.497 e. The standard InChI is InChI=1S/C25H28N2O5S/c1-18-10-12-22(19(2)14-18)26-25(28)17-27(16-20-8-6-5-7-9-20)33(29,30)24-15-21(31-3)11-13-23(24)32-4/h5-15H,16-17H2,1-4H3,(H,26,28). The predicted octanol–water partition coefficient (Wildman–Crippen LogP) is 4.15. The minimum atomic E-state index is -4.11. The summed E-state index contributed by atoms with van der Waals surface area (Å²) in [6, 6.07) is 19.3. The molecule has 0 aliphatic heterocycles. The maximum absolute atomic E-state index is 13.7. The Hall–Kier alpha value is -3.36. The quantitative estimate of drug-likeness (QED) is 0.510. The van der Waals surface area contributed by atoms with E-state index in [0.29, 0.717) is 11.4 Å². The molecule has 33 heavy (non-hydrogen) atoms. The van der Waals surface area contributed by atoms with Crippen molar-refractivity contribution in [1.82, 2.24) is 4.31 Å².